The SMILES string of the molecule is CC[C@H](C)[C@H](NC(=O)[C@H](Cc1ccc(O)cc1)N(C)C(=O)[C@@H](NC(=O)[C@H](CCCN=C(N)N)NC(=O)C(C)(C)N)C(C)C)C(=O)N[C@@H](Cc1cnc[nH]1)C(=O)N1CCC[C@H]1C(=O)N[C@@H](Cc1ccccc1)C(=O)O. The van der Waals surface area contributed by atoms with Gasteiger partial charge in [0.1, 0.15) is 48.0 Å². The zero-order chi connectivity index (χ0) is 54.9. The predicted molar refractivity (Wildman–Crippen MR) is 275 cm³/mol. The van der Waals surface area contributed by atoms with Crippen molar-refractivity contribution in [1.82, 2.24) is 46.4 Å². The van der Waals surface area contributed by atoms with Crippen LogP contribution in [0.3, 0.4) is 0 Å². The number of carbonyl (C=O) groups is 8. The number of likely N-dealkylation sites (tertiary alicyclic amines) is 1. The van der Waals surface area contributed by atoms with E-state index in [4.69, 9.17) is 17.2 Å². The molecule has 1 saturated heterocycles. The van der Waals surface area contributed by atoms with E-state index in [-0.39, 0.29) is 63.3 Å². The van der Waals surface area contributed by atoms with E-state index in [9.17, 15) is 48.6 Å². The lowest BCUT2D eigenvalue weighted by Crippen LogP contribution is -2.62. The van der Waals surface area contributed by atoms with Crippen molar-refractivity contribution in [3.63, 3.8) is 0 Å². The number of likely N-dealkylation sites (N-methyl/N-ethyl adjacent to an activating group) is 1. The van der Waals surface area contributed by atoms with Gasteiger partial charge in [0, 0.05) is 51.3 Å². The molecule has 8 atom stereocenters. The van der Waals surface area contributed by atoms with E-state index in [1.165, 1.54) is 55.4 Å². The van der Waals surface area contributed by atoms with Gasteiger partial charge in [0.15, 0.2) is 5.96 Å². The fraction of sp³-hybridized carbons (Fsp3) is 0.529. The molecule has 0 aliphatic carbocycles. The van der Waals surface area contributed by atoms with Crippen LogP contribution in [0, 0.1) is 11.8 Å². The summed E-state index contributed by atoms with van der Waals surface area (Å²) >= 11 is 0. The molecular weight excluding hydrogens is 955 g/mol. The molecule has 2 aromatic carbocycles. The summed E-state index contributed by atoms with van der Waals surface area (Å²) in [7, 11) is 1.39. The van der Waals surface area contributed by atoms with Crippen molar-refractivity contribution in [3.8, 4) is 5.75 Å². The Hall–Kier alpha value is -7.56. The first-order valence-electron chi connectivity index (χ1n) is 24.9. The number of aromatic hydroxyl groups is 1. The number of carboxylic acid groups (broad SMARTS) is 1. The molecule has 0 saturated carbocycles. The Balaban J connectivity index is 1.62. The number of rotatable bonds is 27. The summed E-state index contributed by atoms with van der Waals surface area (Å²) in [4.78, 5) is 125. The molecule has 7 amide bonds. The number of aromatic amines is 1. The Kier molecular flexibility index (Phi) is 21.9. The lowest BCUT2D eigenvalue weighted by molar-refractivity contribution is -0.145. The highest BCUT2D eigenvalue weighted by Gasteiger charge is 2.42. The third-order valence-corrected chi connectivity index (χ3v) is 13.0. The number of phenolic OH excluding ortho intramolecular Hbond substituents is 1. The van der Waals surface area contributed by atoms with Gasteiger partial charge >= 0.3 is 5.97 Å². The number of carbonyl (C=O) groups excluding carboxylic acids is 7. The molecule has 0 radical (unpaired) electrons. The number of nitrogens with one attached hydrogen (secondary N) is 6. The zero-order valence-electron chi connectivity index (χ0n) is 43.3. The van der Waals surface area contributed by atoms with Crippen molar-refractivity contribution >= 4 is 53.3 Å². The molecule has 0 spiro atoms. The Bertz CT molecular complexity index is 2410. The van der Waals surface area contributed by atoms with Crippen LogP contribution in [-0.2, 0) is 57.6 Å². The van der Waals surface area contributed by atoms with E-state index in [1.807, 2.05) is 6.92 Å². The van der Waals surface area contributed by atoms with Crippen molar-refractivity contribution in [3.05, 3.63) is 83.9 Å². The molecule has 0 bridgehead atoms. The van der Waals surface area contributed by atoms with Crippen LogP contribution in [0.5, 0.6) is 5.75 Å². The summed E-state index contributed by atoms with van der Waals surface area (Å²) in [5.41, 5.74) is 17.3. The van der Waals surface area contributed by atoms with Gasteiger partial charge in [-0.1, -0.05) is 76.6 Å². The van der Waals surface area contributed by atoms with Gasteiger partial charge in [0.25, 0.3) is 0 Å². The van der Waals surface area contributed by atoms with Gasteiger partial charge in [0.05, 0.1) is 11.9 Å². The number of amides is 7. The maximum absolute atomic E-state index is 14.8. The summed E-state index contributed by atoms with van der Waals surface area (Å²) in [5, 5.41) is 33.8. The van der Waals surface area contributed by atoms with Crippen LogP contribution in [0.1, 0.15) is 90.5 Å². The summed E-state index contributed by atoms with van der Waals surface area (Å²) in [5.74, 6) is -7.30. The number of nitrogens with zero attached hydrogens (tertiary/aromatic N) is 4. The summed E-state index contributed by atoms with van der Waals surface area (Å²) < 4.78 is 0. The number of imidazole rings is 1. The number of benzene rings is 2. The topological polar surface area (TPSA) is 363 Å². The minimum atomic E-state index is -1.35. The molecule has 74 heavy (non-hydrogen) atoms. The summed E-state index contributed by atoms with van der Waals surface area (Å²) in [6, 6.07) is 6.20. The van der Waals surface area contributed by atoms with Gasteiger partial charge in [-0.15, -0.1) is 0 Å². The molecule has 2 heterocycles. The highest BCUT2D eigenvalue weighted by atomic mass is 16.4. The minimum absolute atomic E-state index is 0.0116. The number of aromatic nitrogens is 2. The number of hydrogen-bond acceptors (Lipinski definition) is 12. The largest absolute Gasteiger partial charge is 0.508 e. The minimum Gasteiger partial charge on any atom is -0.508 e. The second-order valence-corrected chi connectivity index (χ2v) is 19.8. The molecular formula is C51H75N13O10. The first kappa shape index (κ1) is 59.0. The normalized spacial score (nSPS) is 16.3. The first-order valence-corrected chi connectivity index (χ1v) is 24.9. The number of aliphatic carboxylic acids is 1. The van der Waals surface area contributed by atoms with Crippen molar-refractivity contribution in [2.45, 2.75) is 141 Å². The van der Waals surface area contributed by atoms with Crippen molar-refractivity contribution in [2.24, 2.45) is 34.0 Å². The number of carboxylic acids is 1. The van der Waals surface area contributed by atoms with Crippen LogP contribution >= 0.6 is 0 Å². The van der Waals surface area contributed by atoms with Crippen molar-refractivity contribution in [2.75, 3.05) is 20.1 Å². The molecule has 3 aromatic rings. The number of H-pyrrole nitrogens is 1. The number of hydrogen-bond donors (Lipinski definition) is 11. The van der Waals surface area contributed by atoms with Crippen LogP contribution in [0.4, 0.5) is 0 Å². The van der Waals surface area contributed by atoms with E-state index in [0.29, 0.717) is 29.7 Å². The monoisotopic (exact) mass is 1030 g/mol. The Morgan fingerprint density at radius 2 is 1.49 bits per heavy atom. The zero-order valence-corrected chi connectivity index (χ0v) is 43.3. The van der Waals surface area contributed by atoms with Gasteiger partial charge in [-0.25, -0.2) is 9.78 Å². The molecule has 1 aromatic heterocycles. The highest BCUT2D eigenvalue weighted by molar-refractivity contribution is 5.98. The average molecular weight is 1030 g/mol. The smallest absolute Gasteiger partial charge is 0.326 e. The predicted octanol–water partition coefficient (Wildman–Crippen LogP) is -0.0372. The summed E-state index contributed by atoms with van der Waals surface area (Å²) in [6.07, 6.45) is 4.11. The van der Waals surface area contributed by atoms with Gasteiger partial charge in [-0.3, -0.25) is 38.6 Å². The molecule has 0 unspecified atom stereocenters. The lowest BCUT2D eigenvalue weighted by Gasteiger charge is -2.35. The van der Waals surface area contributed by atoms with E-state index < -0.39 is 107 Å². The maximum Gasteiger partial charge on any atom is 0.326 e. The molecule has 23 heteroatoms. The third-order valence-electron chi connectivity index (χ3n) is 13.0. The second kappa shape index (κ2) is 27.5. The van der Waals surface area contributed by atoms with Crippen LogP contribution in [-0.4, -0.2) is 151 Å². The third kappa shape index (κ3) is 17.3. The summed E-state index contributed by atoms with van der Waals surface area (Å²) in [6.45, 7) is 10.2. The molecule has 1 aliphatic rings. The van der Waals surface area contributed by atoms with Crippen molar-refractivity contribution in [1.29, 1.82) is 0 Å². The molecule has 14 N–H and O–H groups in total. The second-order valence-electron chi connectivity index (χ2n) is 19.8. The Morgan fingerprint density at radius 1 is 0.838 bits per heavy atom. The quantitative estimate of drug-likeness (QED) is 0.0271. The lowest BCUT2D eigenvalue weighted by atomic mass is 9.95. The fourth-order valence-electron chi connectivity index (χ4n) is 8.37. The Morgan fingerprint density at radius 3 is 2.07 bits per heavy atom. The van der Waals surface area contributed by atoms with Gasteiger partial charge in [-0.05, 0) is 74.6 Å². The van der Waals surface area contributed by atoms with E-state index >= 15 is 0 Å². The number of phenols is 1. The average Bonchev–Trinajstić information content (AvgIpc) is 4.07. The van der Waals surface area contributed by atoms with Crippen LogP contribution < -0.4 is 43.8 Å². The molecule has 404 valence electrons. The number of aliphatic imine (C=N–C) groups is 1. The van der Waals surface area contributed by atoms with E-state index in [2.05, 4.69) is 41.5 Å². The van der Waals surface area contributed by atoms with Crippen LogP contribution in [0.15, 0.2) is 72.1 Å². The van der Waals surface area contributed by atoms with Crippen LogP contribution in [0.2, 0.25) is 0 Å². The van der Waals surface area contributed by atoms with Gasteiger partial charge in [-0.2, -0.15) is 0 Å². The molecule has 1 fully saturated rings. The van der Waals surface area contributed by atoms with Gasteiger partial charge in [0.2, 0.25) is 41.4 Å². The fourth-order valence-corrected chi connectivity index (χ4v) is 8.37. The first-order chi connectivity index (χ1) is 34.9. The Labute approximate surface area is 431 Å². The maximum atomic E-state index is 14.8. The van der Waals surface area contributed by atoms with Crippen LogP contribution in [0.25, 0.3) is 0 Å². The van der Waals surface area contributed by atoms with Gasteiger partial charge < -0.3 is 68.8 Å². The highest BCUT2D eigenvalue weighted by Crippen LogP contribution is 2.22. The van der Waals surface area contributed by atoms with E-state index in [0.717, 1.165) is 0 Å². The molecule has 23 nitrogen and oxygen atoms in total. The standard InChI is InChI=1S/C51H75N13O10/c1-8-30(4)41(45(69)58-36(26-33-27-55-28-57-33)46(70)64-23-13-17-38(64)43(67)59-37(48(72)73)24-31-14-10-9-11-15-31)62-44(68)39(25-32-18-20-34(65)21-19-32)63(7)47(71)40(29(2)3)61-42(66)35(16-12-22-56-50(52)53)60-49(74)51(5,6)54/h9-11,14-15,18-21,27-30,35-41,65H,8,12-13,16-17,22-26,54H2,1-7H3,(H,55,57)(H,58,69)(H,59,67)(H,60,74)(H,61,66)(H,62,68)(H,72,73)(H4,52,53,56)/t30-,35-,36-,37-,38-,39-,40-,41-/m0/s1. The number of guanidine groups is 1. The van der Waals surface area contributed by atoms with Crippen molar-refractivity contribution < 1.29 is 48.6 Å². The number of nitrogens with two attached hydrogens (primary N) is 3. The van der Waals surface area contributed by atoms with E-state index in [1.54, 1.807) is 63.2 Å². The molecule has 4 rings (SSSR count). The molecule has 1 aliphatic heterocycles.